The molecule has 3 aliphatic heterocycles. The lowest BCUT2D eigenvalue weighted by atomic mass is 10.1. The van der Waals surface area contributed by atoms with E-state index in [2.05, 4.69) is 31.4 Å². The summed E-state index contributed by atoms with van der Waals surface area (Å²) in [4.78, 5) is 23.3. The van der Waals surface area contributed by atoms with E-state index in [9.17, 15) is 10.1 Å². The number of hydrogen-bond acceptors (Lipinski definition) is 8. The van der Waals surface area contributed by atoms with E-state index >= 15 is 0 Å². The Kier molecular flexibility index (Phi) is 6.17. The second-order valence-corrected chi connectivity index (χ2v) is 8.72. The maximum absolute atomic E-state index is 12.6. The predicted octanol–water partition coefficient (Wildman–Crippen LogP) is 1.62. The van der Waals surface area contributed by atoms with Crippen LogP contribution in [0.5, 0.6) is 0 Å². The molecule has 3 aliphatic rings. The number of hydrazine groups is 1. The molecule has 1 N–H and O–H groups in total. The Hall–Kier alpha value is -2.80. The lowest BCUT2D eigenvalue weighted by Crippen LogP contribution is -2.58. The molecule has 0 radical (unpaired) electrons. The SMILES string of the molecule is N#Cc1ccc2ncnc(NC3CCN(N4CCN(C(=O)[C@H]5CCCO5)CC4)CC3)c2c1. The summed E-state index contributed by atoms with van der Waals surface area (Å²) in [6, 6.07) is 8.02. The van der Waals surface area contributed by atoms with Crippen molar-refractivity contribution in [1.29, 1.82) is 5.26 Å². The first-order chi connectivity index (χ1) is 15.7. The largest absolute Gasteiger partial charge is 0.368 e. The van der Waals surface area contributed by atoms with Gasteiger partial charge in [-0.3, -0.25) is 4.79 Å². The maximum atomic E-state index is 12.6. The van der Waals surface area contributed by atoms with Crippen molar-refractivity contribution in [2.24, 2.45) is 0 Å². The van der Waals surface area contributed by atoms with Crippen molar-refractivity contribution in [2.45, 2.75) is 37.8 Å². The smallest absolute Gasteiger partial charge is 0.251 e. The van der Waals surface area contributed by atoms with Crippen LogP contribution in [0.3, 0.4) is 0 Å². The number of rotatable bonds is 4. The minimum Gasteiger partial charge on any atom is -0.368 e. The molecule has 1 aromatic heterocycles. The van der Waals surface area contributed by atoms with Crippen molar-refractivity contribution in [3.63, 3.8) is 0 Å². The summed E-state index contributed by atoms with van der Waals surface area (Å²) in [5.74, 6) is 0.966. The highest BCUT2D eigenvalue weighted by molar-refractivity contribution is 5.89. The minimum atomic E-state index is -0.217. The van der Waals surface area contributed by atoms with E-state index in [0.717, 1.165) is 81.7 Å². The minimum absolute atomic E-state index is 0.168. The molecule has 0 bridgehead atoms. The van der Waals surface area contributed by atoms with Gasteiger partial charge in [0.15, 0.2) is 0 Å². The molecule has 0 unspecified atom stereocenters. The van der Waals surface area contributed by atoms with Crippen LogP contribution in [0.1, 0.15) is 31.2 Å². The van der Waals surface area contributed by atoms with Crippen LogP contribution in [0.25, 0.3) is 10.9 Å². The molecule has 0 aliphatic carbocycles. The van der Waals surface area contributed by atoms with Crippen molar-refractivity contribution >= 4 is 22.6 Å². The number of fused-ring (bicyclic) bond motifs is 1. The molecule has 1 amide bonds. The van der Waals surface area contributed by atoms with Crippen molar-refractivity contribution < 1.29 is 9.53 Å². The Bertz CT molecular complexity index is 1000. The van der Waals surface area contributed by atoms with Gasteiger partial charge in [0.2, 0.25) is 0 Å². The number of anilines is 1. The first kappa shape index (κ1) is 21.1. The number of nitrogens with zero attached hydrogens (tertiary/aromatic N) is 6. The van der Waals surface area contributed by atoms with Gasteiger partial charge in [0.1, 0.15) is 18.2 Å². The summed E-state index contributed by atoms with van der Waals surface area (Å²) in [6.07, 6.45) is 5.23. The molecule has 2 aromatic rings. The fourth-order valence-corrected chi connectivity index (χ4v) is 4.90. The second-order valence-electron chi connectivity index (χ2n) is 8.72. The quantitative estimate of drug-likeness (QED) is 0.774. The van der Waals surface area contributed by atoms with Crippen molar-refractivity contribution in [2.75, 3.05) is 51.2 Å². The topological polar surface area (TPSA) is 97.6 Å². The van der Waals surface area contributed by atoms with Crippen LogP contribution >= 0.6 is 0 Å². The Labute approximate surface area is 187 Å². The maximum Gasteiger partial charge on any atom is 0.251 e. The second kappa shape index (κ2) is 9.36. The lowest BCUT2D eigenvalue weighted by Gasteiger charge is -2.44. The third-order valence-corrected chi connectivity index (χ3v) is 6.75. The normalized spacial score (nSPS) is 23.3. The zero-order chi connectivity index (χ0) is 21.9. The Balaban J connectivity index is 1.13. The van der Waals surface area contributed by atoms with Crippen molar-refractivity contribution in [1.82, 2.24) is 24.9 Å². The van der Waals surface area contributed by atoms with Crippen molar-refractivity contribution in [3.8, 4) is 6.07 Å². The predicted molar refractivity (Wildman–Crippen MR) is 120 cm³/mol. The van der Waals surface area contributed by atoms with Crippen LogP contribution < -0.4 is 5.32 Å². The van der Waals surface area contributed by atoms with E-state index in [1.165, 1.54) is 0 Å². The number of amides is 1. The fourth-order valence-electron chi connectivity index (χ4n) is 4.90. The van der Waals surface area contributed by atoms with E-state index in [1.54, 1.807) is 12.4 Å². The molecule has 0 saturated carbocycles. The number of ether oxygens (including phenoxy) is 1. The van der Waals surface area contributed by atoms with Gasteiger partial charge < -0.3 is 15.0 Å². The zero-order valence-electron chi connectivity index (χ0n) is 18.2. The van der Waals surface area contributed by atoms with Crippen LogP contribution in [0.4, 0.5) is 5.82 Å². The lowest BCUT2D eigenvalue weighted by molar-refractivity contribution is -0.147. The van der Waals surface area contributed by atoms with Gasteiger partial charge >= 0.3 is 0 Å². The first-order valence-corrected chi connectivity index (χ1v) is 11.5. The number of piperidine rings is 1. The van der Waals surface area contributed by atoms with E-state index in [-0.39, 0.29) is 12.0 Å². The number of benzene rings is 1. The summed E-state index contributed by atoms with van der Waals surface area (Å²) < 4.78 is 5.56. The van der Waals surface area contributed by atoms with Gasteiger partial charge in [0.05, 0.1) is 17.1 Å². The number of nitriles is 1. The summed E-state index contributed by atoms with van der Waals surface area (Å²) in [7, 11) is 0. The molecule has 3 fully saturated rings. The van der Waals surface area contributed by atoms with Crippen LogP contribution in [0.15, 0.2) is 24.5 Å². The number of hydrogen-bond donors (Lipinski definition) is 1. The number of piperazine rings is 1. The fraction of sp³-hybridized carbons (Fsp3) is 0.565. The summed E-state index contributed by atoms with van der Waals surface area (Å²) >= 11 is 0. The number of aromatic nitrogens is 2. The molecule has 9 heteroatoms. The van der Waals surface area contributed by atoms with Gasteiger partial charge in [-0.2, -0.15) is 5.26 Å². The Morgan fingerprint density at radius 2 is 1.84 bits per heavy atom. The number of carbonyl (C=O) groups excluding carboxylic acids is 1. The average molecular weight is 436 g/mol. The molecule has 168 valence electrons. The van der Waals surface area contributed by atoms with Crippen LogP contribution in [-0.4, -0.2) is 88.8 Å². The highest BCUT2D eigenvalue weighted by Crippen LogP contribution is 2.24. The molecular weight excluding hydrogens is 406 g/mol. The molecule has 4 heterocycles. The van der Waals surface area contributed by atoms with E-state index in [1.807, 2.05) is 17.0 Å². The molecule has 1 atom stereocenters. The molecule has 32 heavy (non-hydrogen) atoms. The van der Waals surface area contributed by atoms with Gasteiger partial charge in [-0.15, -0.1) is 0 Å². The number of carbonyl (C=O) groups is 1. The van der Waals surface area contributed by atoms with Crippen molar-refractivity contribution in [3.05, 3.63) is 30.1 Å². The van der Waals surface area contributed by atoms with Crippen LogP contribution in [0.2, 0.25) is 0 Å². The summed E-state index contributed by atoms with van der Waals surface area (Å²) in [5, 5.41) is 18.5. The third-order valence-electron chi connectivity index (χ3n) is 6.75. The molecular formula is C23H29N7O2. The highest BCUT2D eigenvalue weighted by atomic mass is 16.5. The average Bonchev–Trinajstić information content (AvgIpc) is 3.39. The number of nitrogens with one attached hydrogen (secondary N) is 1. The summed E-state index contributed by atoms with van der Waals surface area (Å²) in [6.45, 7) is 5.96. The summed E-state index contributed by atoms with van der Waals surface area (Å²) in [5.41, 5.74) is 1.46. The van der Waals surface area contributed by atoms with Gasteiger partial charge in [0.25, 0.3) is 5.91 Å². The van der Waals surface area contributed by atoms with Gasteiger partial charge in [-0.25, -0.2) is 20.0 Å². The Morgan fingerprint density at radius 3 is 2.56 bits per heavy atom. The van der Waals surface area contributed by atoms with E-state index < -0.39 is 0 Å². The first-order valence-electron chi connectivity index (χ1n) is 11.5. The molecule has 9 nitrogen and oxygen atoms in total. The van der Waals surface area contributed by atoms with Gasteiger partial charge in [-0.1, -0.05) is 0 Å². The van der Waals surface area contributed by atoms with E-state index in [0.29, 0.717) is 18.2 Å². The van der Waals surface area contributed by atoms with E-state index in [4.69, 9.17) is 4.74 Å². The van der Waals surface area contributed by atoms with Gasteiger partial charge in [0, 0.05) is 57.3 Å². The monoisotopic (exact) mass is 435 g/mol. The zero-order valence-corrected chi connectivity index (χ0v) is 18.2. The van der Waals surface area contributed by atoms with Crippen LogP contribution in [-0.2, 0) is 9.53 Å². The molecule has 0 spiro atoms. The standard InChI is InChI=1S/C23H29N7O2/c24-15-17-3-4-20-19(14-17)22(26-16-25-20)27-18-5-7-29(8-6-18)30-11-9-28(10-12-30)23(31)21-2-1-13-32-21/h3-4,14,16,18,21H,1-2,5-13H2,(H,25,26,27)/t21-/m1/s1. The third kappa shape index (κ3) is 4.39. The van der Waals surface area contributed by atoms with Gasteiger partial charge in [-0.05, 0) is 43.9 Å². The van der Waals surface area contributed by atoms with Crippen LogP contribution in [0, 0.1) is 11.3 Å². The molecule has 5 rings (SSSR count). The molecule has 3 saturated heterocycles. The highest BCUT2D eigenvalue weighted by Gasteiger charge is 2.32. The molecule has 1 aromatic carbocycles. The Morgan fingerprint density at radius 1 is 1.06 bits per heavy atom.